The minimum atomic E-state index is -0.528. The molecule has 148 valence electrons. The van der Waals surface area contributed by atoms with Crippen LogP contribution in [0.25, 0.3) is 0 Å². The number of amides is 3. The molecule has 0 bridgehead atoms. The minimum Gasteiger partial charge on any atom is -0.497 e. The summed E-state index contributed by atoms with van der Waals surface area (Å²) < 4.78 is 5.32. The molecular weight excluding hydrogens is 368 g/mol. The topological polar surface area (TPSA) is 74.8 Å². The summed E-state index contributed by atoms with van der Waals surface area (Å²) in [4.78, 5) is 33.6. The lowest BCUT2D eigenvalue weighted by Gasteiger charge is -2.33. The smallest absolute Gasteiger partial charge is 0.322 e. The van der Waals surface area contributed by atoms with Gasteiger partial charge in [0.2, 0.25) is 0 Å². The van der Waals surface area contributed by atoms with Crippen LogP contribution in [0.2, 0.25) is 0 Å². The summed E-state index contributed by atoms with van der Waals surface area (Å²) >= 11 is 0. The van der Waals surface area contributed by atoms with Gasteiger partial charge in [-0.15, -0.1) is 6.58 Å². The van der Waals surface area contributed by atoms with Crippen molar-refractivity contribution in [2.75, 3.05) is 20.2 Å². The van der Waals surface area contributed by atoms with Gasteiger partial charge in [-0.3, -0.25) is 14.7 Å². The number of ether oxygens (including phenoxy) is 1. The number of nitrogens with zero attached hydrogens (tertiary/aromatic N) is 3. The molecule has 7 heteroatoms. The van der Waals surface area contributed by atoms with Gasteiger partial charge in [-0.1, -0.05) is 24.3 Å². The molecule has 2 aliphatic rings. The van der Waals surface area contributed by atoms with Crippen LogP contribution in [0.3, 0.4) is 0 Å². The number of carbonyl (C=O) groups is 2. The van der Waals surface area contributed by atoms with E-state index in [1.807, 2.05) is 36.4 Å². The van der Waals surface area contributed by atoms with Crippen molar-refractivity contribution < 1.29 is 14.3 Å². The Bertz CT molecular complexity index is 987. The third-order valence-corrected chi connectivity index (χ3v) is 5.13. The third kappa shape index (κ3) is 3.47. The van der Waals surface area contributed by atoms with Gasteiger partial charge in [-0.05, 0) is 29.3 Å². The largest absolute Gasteiger partial charge is 0.497 e. The summed E-state index contributed by atoms with van der Waals surface area (Å²) in [5.74, 6) is 0.579. The molecule has 1 unspecified atom stereocenters. The van der Waals surface area contributed by atoms with E-state index in [0.29, 0.717) is 31.0 Å². The normalized spacial score (nSPS) is 18.6. The van der Waals surface area contributed by atoms with Gasteiger partial charge in [0.05, 0.1) is 31.0 Å². The second-order valence-corrected chi connectivity index (χ2v) is 6.94. The second-order valence-electron chi connectivity index (χ2n) is 6.94. The zero-order valence-electron chi connectivity index (χ0n) is 16.2. The molecule has 7 nitrogen and oxygen atoms in total. The number of rotatable bonds is 6. The zero-order valence-corrected chi connectivity index (χ0v) is 16.2. The molecule has 2 aliphatic heterocycles. The highest BCUT2D eigenvalue weighted by atomic mass is 16.5. The number of carbonyl (C=O) groups excluding carboxylic acids is 2. The fourth-order valence-electron chi connectivity index (χ4n) is 3.78. The predicted octanol–water partition coefficient (Wildman–Crippen LogP) is 2.64. The van der Waals surface area contributed by atoms with E-state index >= 15 is 0 Å². The predicted molar refractivity (Wildman–Crippen MR) is 108 cm³/mol. The van der Waals surface area contributed by atoms with Crippen molar-refractivity contribution in [3.63, 3.8) is 0 Å². The molecule has 4 rings (SSSR count). The lowest BCUT2D eigenvalue weighted by Crippen LogP contribution is -2.47. The number of hydrogen-bond acceptors (Lipinski definition) is 4. The van der Waals surface area contributed by atoms with Crippen LogP contribution in [-0.4, -0.2) is 46.9 Å². The van der Waals surface area contributed by atoms with Gasteiger partial charge in [0.15, 0.2) is 0 Å². The Morgan fingerprint density at radius 2 is 2.17 bits per heavy atom. The molecule has 0 spiro atoms. The standard InChI is InChI=1S/C22H22N4O3/c1-3-10-26-18-14-25(13-15-6-5-9-23-12-15)21(27)19(18)20(24-22(26)28)16-7-4-8-17(11-16)29-2/h3-9,11-12,20H,1,10,13-14H2,2H3,(H,24,28). The third-order valence-electron chi connectivity index (χ3n) is 5.13. The minimum absolute atomic E-state index is 0.0919. The number of hydrogen-bond donors (Lipinski definition) is 1. The molecule has 0 fully saturated rings. The van der Waals surface area contributed by atoms with Crippen molar-refractivity contribution >= 4 is 11.9 Å². The molecule has 3 heterocycles. The highest BCUT2D eigenvalue weighted by Crippen LogP contribution is 2.37. The van der Waals surface area contributed by atoms with Gasteiger partial charge < -0.3 is 15.0 Å². The van der Waals surface area contributed by atoms with Crippen molar-refractivity contribution in [3.05, 3.63) is 83.8 Å². The average Bonchev–Trinajstić information content (AvgIpc) is 3.07. The fourth-order valence-corrected chi connectivity index (χ4v) is 3.78. The monoisotopic (exact) mass is 390 g/mol. The molecule has 3 amide bonds. The van der Waals surface area contributed by atoms with Gasteiger partial charge in [0, 0.05) is 25.5 Å². The Kier molecular flexibility index (Phi) is 5.03. The molecule has 0 radical (unpaired) electrons. The van der Waals surface area contributed by atoms with Crippen molar-refractivity contribution in [2.45, 2.75) is 12.6 Å². The first-order valence-corrected chi connectivity index (χ1v) is 9.36. The number of pyridine rings is 1. The zero-order chi connectivity index (χ0) is 20.4. The van der Waals surface area contributed by atoms with E-state index in [2.05, 4.69) is 16.9 Å². The van der Waals surface area contributed by atoms with E-state index in [1.165, 1.54) is 0 Å². The van der Waals surface area contributed by atoms with E-state index in [1.54, 1.807) is 35.4 Å². The van der Waals surface area contributed by atoms with Crippen LogP contribution in [0.15, 0.2) is 72.7 Å². The first kappa shape index (κ1) is 18.7. The van der Waals surface area contributed by atoms with Crippen molar-refractivity contribution in [2.24, 2.45) is 0 Å². The van der Waals surface area contributed by atoms with Gasteiger partial charge in [0.25, 0.3) is 5.91 Å². The molecule has 0 saturated carbocycles. The SMILES string of the molecule is C=CCN1C(=O)NC(c2cccc(OC)c2)C2=C1CN(Cc1cccnc1)C2=O. The van der Waals surface area contributed by atoms with E-state index in [4.69, 9.17) is 4.74 Å². The first-order chi connectivity index (χ1) is 14.1. The molecule has 1 N–H and O–H groups in total. The fraction of sp³-hybridized carbons (Fsp3) is 0.227. The molecule has 1 aromatic heterocycles. The molecule has 1 aromatic carbocycles. The summed E-state index contributed by atoms with van der Waals surface area (Å²) in [7, 11) is 1.59. The number of methoxy groups -OCH3 is 1. The maximum Gasteiger partial charge on any atom is 0.322 e. The van der Waals surface area contributed by atoms with E-state index in [-0.39, 0.29) is 11.9 Å². The quantitative estimate of drug-likeness (QED) is 0.770. The number of nitrogens with one attached hydrogen (secondary N) is 1. The van der Waals surface area contributed by atoms with Crippen LogP contribution in [0.1, 0.15) is 17.2 Å². The average molecular weight is 390 g/mol. The molecule has 2 aromatic rings. The summed E-state index contributed by atoms with van der Waals surface area (Å²) in [6.45, 7) is 4.88. The highest BCUT2D eigenvalue weighted by Gasteiger charge is 2.43. The molecule has 0 aliphatic carbocycles. The van der Waals surface area contributed by atoms with E-state index in [9.17, 15) is 9.59 Å². The molecule has 0 saturated heterocycles. The summed E-state index contributed by atoms with van der Waals surface area (Å²) in [5.41, 5.74) is 3.05. The Labute approximate surface area is 169 Å². The van der Waals surface area contributed by atoms with Crippen LogP contribution < -0.4 is 10.1 Å². The lowest BCUT2D eigenvalue weighted by atomic mass is 9.95. The highest BCUT2D eigenvalue weighted by molar-refractivity contribution is 6.01. The maximum atomic E-state index is 13.4. The van der Waals surface area contributed by atoms with Crippen molar-refractivity contribution in [1.29, 1.82) is 0 Å². The Balaban J connectivity index is 1.72. The number of urea groups is 1. The van der Waals surface area contributed by atoms with Crippen molar-refractivity contribution in [3.8, 4) is 5.75 Å². The summed E-state index contributed by atoms with van der Waals surface area (Å²) in [5, 5.41) is 2.97. The van der Waals surface area contributed by atoms with Gasteiger partial charge >= 0.3 is 6.03 Å². The van der Waals surface area contributed by atoms with Gasteiger partial charge in [0.1, 0.15) is 5.75 Å². The first-order valence-electron chi connectivity index (χ1n) is 9.36. The maximum absolute atomic E-state index is 13.4. The summed E-state index contributed by atoms with van der Waals surface area (Å²) in [6, 6.07) is 10.4. The van der Waals surface area contributed by atoms with Crippen LogP contribution in [0.5, 0.6) is 5.75 Å². The van der Waals surface area contributed by atoms with Crippen LogP contribution in [0.4, 0.5) is 4.79 Å². The van der Waals surface area contributed by atoms with Crippen LogP contribution in [0, 0.1) is 0 Å². The Morgan fingerprint density at radius 3 is 2.90 bits per heavy atom. The second kappa shape index (κ2) is 7.79. The lowest BCUT2D eigenvalue weighted by molar-refractivity contribution is -0.126. The number of aromatic nitrogens is 1. The number of benzene rings is 1. The van der Waals surface area contributed by atoms with E-state index < -0.39 is 6.04 Å². The molecule has 1 atom stereocenters. The van der Waals surface area contributed by atoms with Crippen LogP contribution in [-0.2, 0) is 11.3 Å². The summed E-state index contributed by atoms with van der Waals surface area (Å²) in [6.07, 6.45) is 5.10. The Morgan fingerprint density at radius 1 is 1.31 bits per heavy atom. The molecular formula is C22H22N4O3. The van der Waals surface area contributed by atoms with Gasteiger partial charge in [-0.2, -0.15) is 0 Å². The van der Waals surface area contributed by atoms with Gasteiger partial charge in [-0.25, -0.2) is 4.79 Å². The Hall–Kier alpha value is -3.61. The molecule has 29 heavy (non-hydrogen) atoms. The van der Waals surface area contributed by atoms with Crippen molar-refractivity contribution in [1.82, 2.24) is 20.1 Å². The van der Waals surface area contributed by atoms with Crippen LogP contribution >= 0.6 is 0 Å². The van der Waals surface area contributed by atoms with E-state index in [0.717, 1.165) is 16.8 Å².